The van der Waals surface area contributed by atoms with Crippen molar-refractivity contribution < 1.29 is 14.6 Å². The van der Waals surface area contributed by atoms with E-state index in [4.69, 9.17) is 38.8 Å². The zero-order chi connectivity index (χ0) is 15.4. The SMILES string of the molecule is NC(=O)c1ccc(OCCO)cc1-c1cc(Cl)cc(Cl)c1. The molecule has 0 aliphatic heterocycles. The summed E-state index contributed by atoms with van der Waals surface area (Å²) in [7, 11) is 0. The second-order valence-corrected chi connectivity index (χ2v) is 5.17. The molecule has 1 amide bonds. The Morgan fingerprint density at radius 3 is 2.38 bits per heavy atom. The highest BCUT2D eigenvalue weighted by Crippen LogP contribution is 2.32. The molecule has 4 nitrogen and oxygen atoms in total. The summed E-state index contributed by atoms with van der Waals surface area (Å²) < 4.78 is 5.34. The van der Waals surface area contributed by atoms with Crippen LogP contribution < -0.4 is 10.5 Å². The van der Waals surface area contributed by atoms with E-state index in [-0.39, 0.29) is 13.2 Å². The van der Waals surface area contributed by atoms with Crippen molar-refractivity contribution in [2.75, 3.05) is 13.2 Å². The van der Waals surface area contributed by atoms with Gasteiger partial charge < -0.3 is 15.6 Å². The van der Waals surface area contributed by atoms with Crippen molar-refractivity contribution in [3.63, 3.8) is 0 Å². The Labute approximate surface area is 132 Å². The maximum atomic E-state index is 11.6. The fraction of sp³-hybridized carbons (Fsp3) is 0.133. The quantitative estimate of drug-likeness (QED) is 0.887. The van der Waals surface area contributed by atoms with Crippen LogP contribution >= 0.6 is 23.2 Å². The fourth-order valence-corrected chi connectivity index (χ4v) is 2.47. The third kappa shape index (κ3) is 3.88. The van der Waals surface area contributed by atoms with E-state index >= 15 is 0 Å². The molecule has 0 aliphatic carbocycles. The van der Waals surface area contributed by atoms with Crippen LogP contribution in [-0.4, -0.2) is 24.2 Å². The van der Waals surface area contributed by atoms with Gasteiger partial charge in [0.15, 0.2) is 0 Å². The molecule has 0 atom stereocenters. The summed E-state index contributed by atoms with van der Waals surface area (Å²) in [6, 6.07) is 9.82. The monoisotopic (exact) mass is 325 g/mol. The minimum Gasteiger partial charge on any atom is -0.491 e. The fourth-order valence-electron chi connectivity index (χ4n) is 1.94. The lowest BCUT2D eigenvalue weighted by Gasteiger charge is -2.11. The first-order valence-corrected chi connectivity index (χ1v) is 6.91. The molecule has 0 heterocycles. The number of primary amides is 1. The van der Waals surface area contributed by atoms with Crippen LogP contribution in [0.25, 0.3) is 11.1 Å². The van der Waals surface area contributed by atoms with Gasteiger partial charge >= 0.3 is 0 Å². The highest BCUT2D eigenvalue weighted by molar-refractivity contribution is 6.35. The van der Waals surface area contributed by atoms with Gasteiger partial charge in [-0.05, 0) is 47.5 Å². The molecule has 0 aliphatic rings. The summed E-state index contributed by atoms with van der Waals surface area (Å²) >= 11 is 12.0. The molecule has 0 bridgehead atoms. The standard InChI is InChI=1S/C15H13Cl2NO3/c16-10-5-9(6-11(17)7-10)14-8-12(21-4-3-19)1-2-13(14)15(18)20/h1-2,5-8,19H,3-4H2,(H2,18,20). The number of amides is 1. The lowest BCUT2D eigenvalue weighted by molar-refractivity contribution is 0.100. The smallest absolute Gasteiger partial charge is 0.249 e. The van der Waals surface area contributed by atoms with E-state index in [1.54, 1.807) is 36.4 Å². The lowest BCUT2D eigenvalue weighted by atomic mass is 9.99. The maximum Gasteiger partial charge on any atom is 0.249 e. The van der Waals surface area contributed by atoms with Gasteiger partial charge in [0, 0.05) is 15.6 Å². The number of aliphatic hydroxyl groups is 1. The first-order valence-electron chi connectivity index (χ1n) is 6.15. The Bertz CT molecular complexity index is 654. The van der Waals surface area contributed by atoms with Crippen molar-refractivity contribution in [1.82, 2.24) is 0 Å². The number of aliphatic hydroxyl groups excluding tert-OH is 1. The van der Waals surface area contributed by atoms with Crippen LogP contribution in [0.15, 0.2) is 36.4 Å². The summed E-state index contributed by atoms with van der Waals surface area (Å²) in [5, 5.41) is 9.70. The van der Waals surface area contributed by atoms with Crippen LogP contribution in [0.2, 0.25) is 10.0 Å². The molecule has 0 spiro atoms. The van der Waals surface area contributed by atoms with Crippen LogP contribution in [0.3, 0.4) is 0 Å². The second kappa shape index (κ2) is 6.80. The highest BCUT2D eigenvalue weighted by atomic mass is 35.5. The van der Waals surface area contributed by atoms with E-state index in [0.717, 1.165) is 0 Å². The number of benzene rings is 2. The molecule has 0 unspecified atom stereocenters. The molecule has 2 aromatic carbocycles. The summed E-state index contributed by atoms with van der Waals surface area (Å²) in [6.45, 7) is 0.0571. The van der Waals surface area contributed by atoms with Gasteiger partial charge in [0.1, 0.15) is 12.4 Å². The number of hydrogen-bond acceptors (Lipinski definition) is 3. The molecule has 0 saturated carbocycles. The molecule has 0 radical (unpaired) electrons. The number of ether oxygens (including phenoxy) is 1. The van der Waals surface area contributed by atoms with Crippen LogP contribution in [0.1, 0.15) is 10.4 Å². The minimum atomic E-state index is -0.560. The molecular formula is C15H13Cl2NO3. The normalized spacial score (nSPS) is 10.4. The third-order valence-electron chi connectivity index (χ3n) is 2.79. The average Bonchev–Trinajstić information content (AvgIpc) is 2.43. The first-order chi connectivity index (χ1) is 10.0. The van der Waals surface area contributed by atoms with Crippen molar-refractivity contribution in [3.05, 3.63) is 52.0 Å². The van der Waals surface area contributed by atoms with Crippen LogP contribution in [0, 0.1) is 0 Å². The molecule has 110 valence electrons. The number of hydrogen-bond donors (Lipinski definition) is 2. The van der Waals surface area contributed by atoms with E-state index in [1.807, 2.05) is 0 Å². The Kier molecular flexibility index (Phi) is 5.07. The second-order valence-electron chi connectivity index (χ2n) is 4.30. The molecule has 2 aromatic rings. The predicted molar refractivity (Wildman–Crippen MR) is 83.0 cm³/mol. The Morgan fingerprint density at radius 1 is 1.14 bits per heavy atom. The van der Waals surface area contributed by atoms with E-state index in [0.29, 0.717) is 32.5 Å². The molecule has 0 fully saturated rings. The van der Waals surface area contributed by atoms with Gasteiger partial charge in [0.2, 0.25) is 5.91 Å². The molecule has 0 saturated heterocycles. The Hall–Kier alpha value is -1.75. The predicted octanol–water partition coefficient (Wildman–Crippen LogP) is 3.13. The molecule has 21 heavy (non-hydrogen) atoms. The minimum absolute atomic E-state index is 0.101. The number of nitrogens with two attached hydrogens (primary N) is 1. The molecular weight excluding hydrogens is 313 g/mol. The van der Waals surface area contributed by atoms with E-state index in [9.17, 15) is 4.79 Å². The van der Waals surface area contributed by atoms with Gasteiger partial charge in [-0.3, -0.25) is 4.79 Å². The van der Waals surface area contributed by atoms with E-state index in [1.165, 1.54) is 0 Å². The zero-order valence-electron chi connectivity index (χ0n) is 11.0. The molecule has 6 heteroatoms. The van der Waals surface area contributed by atoms with Gasteiger partial charge in [-0.15, -0.1) is 0 Å². The molecule has 2 rings (SSSR count). The molecule has 3 N–H and O–H groups in total. The van der Waals surface area contributed by atoms with Crippen LogP contribution in [0.4, 0.5) is 0 Å². The van der Waals surface area contributed by atoms with Crippen molar-refractivity contribution in [3.8, 4) is 16.9 Å². The van der Waals surface area contributed by atoms with Crippen molar-refractivity contribution in [2.24, 2.45) is 5.73 Å². The third-order valence-corrected chi connectivity index (χ3v) is 3.23. The maximum absolute atomic E-state index is 11.6. The van der Waals surface area contributed by atoms with Crippen molar-refractivity contribution in [1.29, 1.82) is 0 Å². The first kappa shape index (κ1) is 15.6. The van der Waals surface area contributed by atoms with Gasteiger partial charge in [0.05, 0.1) is 6.61 Å². The number of halogens is 2. The summed E-state index contributed by atoms with van der Waals surface area (Å²) in [6.07, 6.45) is 0. The van der Waals surface area contributed by atoms with Crippen LogP contribution in [0.5, 0.6) is 5.75 Å². The van der Waals surface area contributed by atoms with Gasteiger partial charge in [-0.1, -0.05) is 23.2 Å². The van der Waals surface area contributed by atoms with E-state index in [2.05, 4.69) is 0 Å². The number of carbonyl (C=O) groups excluding carboxylic acids is 1. The topological polar surface area (TPSA) is 72.6 Å². The highest BCUT2D eigenvalue weighted by Gasteiger charge is 2.13. The van der Waals surface area contributed by atoms with Gasteiger partial charge in [-0.25, -0.2) is 0 Å². The summed E-state index contributed by atoms with van der Waals surface area (Å²) in [4.78, 5) is 11.6. The van der Waals surface area contributed by atoms with Gasteiger partial charge in [-0.2, -0.15) is 0 Å². The largest absolute Gasteiger partial charge is 0.491 e. The molecule has 0 aromatic heterocycles. The average molecular weight is 326 g/mol. The number of rotatable bonds is 5. The lowest BCUT2D eigenvalue weighted by Crippen LogP contribution is -2.12. The van der Waals surface area contributed by atoms with Gasteiger partial charge in [0.25, 0.3) is 0 Å². The Morgan fingerprint density at radius 2 is 1.81 bits per heavy atom. The zero-order valence-corrected chi connectivity index (χ0v) is 12.5. The van der Waals surface area contributed by atoms with E-state index < -0.39 is 5.91 Å². The van der Waals surface area contributed by atoms with Crippen molar-refractivity contribution >= 4 is 29.1 Å². The Balaban J connectivity index is 2.54. The van der Waals surface area contributed by atoms with Crippen LogP contribution in [-0.2, 0) is 0 Å². The summed E-state index contributed by atoms with van der Waals surface area (Å²) in [5.74, 6) is -0.0463. The number of carbonyl (C=O) groups is 1. The van der Waals surface area contributed by atoms with Crippen molar-refractivity contribution in [2.45, 2.75) is 0 Å². The summed E-state index contributed by atoms with van der Waals surface area (Å²) in [5.41, 5.74) is 6.96.